The van der Waals surface area contributed by atoms with Crippen molar-refractivity contribution >= 4 is 32.2 Å². The predicted molar refractivity (Wildman–Crippen MR) is 113 cm³/mol. The van der Waals surface area contributed by atoms with Crippen molar-refractivity contribution in [2.45, 2.75) is 4.90 Å². The van der Waals surface area contributed by atoms with Crippen LogP contribution in [0.5, 0.6) is 0 Å². The third-order valence-electron chi connectivity index (χ3n) is 4.25. The molecule has 0 saturated heterocycles. The van der Waals surface area contributed by atoms with Gasteiger partial charge >= 0.3 is 0 Å². The summed E-state index contributed by atoms with van der Waals surface area (Å²) >= 11 is 1.21. The first-order valence-corrected chi connectivity index (χ1v) is 11.5. The SMILES string of the molecule is CS(=O)(=O)c1ccc(-c2nocc2C(=O)Nc2nc(-c3cc(C#N)ccn3)cs2)cc1. The van der Waals surface area contributed by atoms with E-state index in [1.807, 2.05) is 6.07 Å². The highest BCUT2D eigenvalue weighted by Gasteiger charge is 2.20. The molecule has 0 aliphatic heterocycles. The monoisotopic (exact) mass is 451 g/mol. The Bertz CT molecular complexity index is 1420. The van der Waals surface area contributed by atoms with Gasteiger partial charge in [-0.3, -0.25) is 15.1 Å². The molecule has 31 heavy (non-hydrogen) atoms. The number of benzene rings is 1. The minimum Gasteiger partial charge on any atom is -0.363 e. The molecule has 0 atom stereocenters. The summed E-state index contributed by atoms with van der Waals surface area (Å²) < 4.78 is 28.2. The van der Waals surface area contributed by atoms with E-state index in [-0.39, 0.29) is 16.2 Å². The number of nitrogens with zero attached hydrogens (tertiary/aromatic N) is 4. The number of nitriles is 1. The Morgan fingerprint density at radius 3 is 2.68 bits per heavy atom. The van der Waals surface area contributed by atoms with E-state index in [0.717, 1.165) is 6.26 Å². The van der Waals surface area contributed by atoms with Crippen molar-refractivity contribution in [3.63, 3.8) is 0 Å². The maximum absolute atomic E-state index is 12.7. The van der Waals surface area contributed by atoms with Gasteiger partial charge in [0.25, 0.3) is 5.91 Å². The summed E-state index contributed by atoms with van der Waals surface area (Å²) in [5, 5.41) is 17.6. The van der Waals surface area contributed by atoms with Crippen LogP contribution in [0.25, 0.3) is 22.6 Å². The maximum Gasteiger partial charge on any atom is 0.263 e. The number of carbonyl (C=O) groups is 1. The largest absolute Gasteiger partial charge is 0.363 e. The van der Waals surface area contributed by atoms with Crippen LogP contribution in [-0.4, -0.2) is 35.7 Å². The number of aromatic nitrogens is 3. The van der Waals surface area contributed by atoms with Crippen LogP contribution in [-0.2, 0) is 9.84 Å². The van der Waals surface area contributed by atoms with E-state index < -0.39 is 15.7 Å². The van der Waals surface area contributed by atoms with Gasteiger partial charge in [0.05, 0.1) is 22.2 Å². The number of sulfone groups is 1. The second kappa shape index (κ2) is 8.10. The Balaban J connectivity index is 1.55. The molecule has 1 amide bonds. The van der Waals surface area contributed by atoms with E-state index in [1.165, 1.54) is 35.9 Å². The first-order valence-electron chi connectivity index (χ1n) is 8.73. The number of carbonyl (C=O) groups excluding carboxylic acids is 1. The highest BCUT2D eigenvalue weighted by atomic mass is 32.2. The van der Waals surface area contributed by atoms with E-state index in [9.17, 15) is 13.2 Å². The van der Waals surface area contributed by atoms with Gasteiger partial charge in [0.15, 0.2) is 15.0 Å². The van der Waals surface area contributed by atoms with Crippen molar-refractivity contribution in [1.29, 1.82) is 5.26 Å². The van der Waals surface area contributed by atoms with Crippen molar-refractivity contribution in [1.82, 2.24) is 15.1 Å². The molecule has 0 saturated carbocycles. The topological polar surface area (TPSA) is 139 Å². The van der Waals surface area contributed by atoms with Crippen molar-refractivity contribution in [3.05, 3.63) is 65.4 Å². The van der Waals surface area contributed by atoms with Crippen LogP contribution < -0.4 is 5.32 Å². The second-order valence-electron chi connectivity index (χ2n) is 6.41. The quantitative estimate of drug-likeness (QED) is 0.487. The molecule has 9 nitrogen and oxygen atoms in total. The maximum atomic E-state index is 12.7. The number of nitrogens with one attached hydrogen (secondary N) is 1. The molecule has 4 aromatic rings. The summed E-state index contributed by atoms with van der Waals surface area (Å²) in [7, 11) is -3.33. The minimum atomic E-state index is -3.33. The van der Waals surface area contributed by atoms with Crippen molar-refractivity contribution in [2.24, 2.45) is 0 Å². The Kier molecular flexibility index (Phi) is 5.33. The molecule has 1 N–H and O–H groups in total. The van der Waals surface area contributed by atoms with Gasteiger partial charge in [-0.05, 0) is 24.3 Å². The summed E-state index contributed by atoms with van der Waals surface area (Å²) in [6.45, 7) is 0. The summed E-state index contributed by atoms with van der Waals surface area (Å²) in [6.07, 6.45) is 3.84. The second-order valence-corrected chi connectivity index (χ2v) is 9.28. The third kappa shape index (κ3) is 4.35. The zero-order chi connectivity index (χ0) is 22.0. The smallest absolute Gasteiger partial charge is 0.263 e. The summed E-state index contributed by atoms with van der Waals surface area (Å²) in [6, 6.07) is 11.2. The molecule has 1 aromatic carbocycles. The summed E-state index contributed by atoms with van der Waals surface area (Å²) in [5.74, 6) is -0.483. The van der Waals surface area contributed by atoms with Crippen LogP contribution >= 0.6 is 11.3 Å². The van der Waals surface area contributed by atoms with Crippen LogP contribution in [0.3, 0.4) is 0 Å². The van der Waals surface area contributed by atoms with Crippen molar-refractivity contribution < 1.29 is 17.7 Å². The highest BCUT2D eigenvalue weighted by Crippen LogP contribution is 2.27. The lowest BCUT2D eigenvalue weighted by atomic mass is 10.1. The number of amides is 1. The first-order chi connectivity index (χ1) is 14.8. The highest BCUT2D eigenvalue weighted by molar-refractivity contribution is 7.90. The normalized spacial score (nSPS) is 11.1. The van der Waals surface area contributed by atoms with Gasteiger partial charge in [-0.1, -0.05) is 17.3 Å². The summed E-state index contributed by atoms with van der Waals surface area (Å²) in [4.78, 5) is 21.4. The molecule has 3 heterocycles. The predicted octanol–water partition coefficient (Wildman–Crippen LogP) is 3.39. The Morgan fingerprint density at radius 1 is 1.19 bits per heavy atom. The zero-order valence-electron chi connectivity index (χ0n) is 15.9. The lowest BCUT2D eigenvalue weighted by Gasteiger charge is -2.03. The Labute approximate surface area is 180 Å². The van der Waals surface area contributed by atoms with E-state index in [0.29, 0.717) is 27.6 Å². The molecule has 154 valence electrons. The first kappa shape index (κ1) is 20.4. The molecule has 3 aromatic heterocycles. The summed E-state index contributed by atoms with van der Waals surface area (Å²) in [5.41, 5.74) is 2.49. The number of pyridine rings is 1. The number of hydrogen-bond acceptors (Lipinski definition) is 9. The van der Waals surface area contributed by atoms with Crippen molar-refractivity contribution in [3.8, 4) is 28.7 Å². The lowest BCUT2D eigenvalue weighted by Crippen LogP contribution is -2.12. The minimum absolute atomic E-state index is 0.162. The van der Waals surface area contributed by atoms with E-state index in [1.54, 1.807) is 29.6 Å². The molecule has 0 bridgehead atoms. The number of thiazole rings is 1. The zero-order valence-corrected chi connectivity index (χ0v) is 17.6. The van der Waals surface area contributed by atoms with Gasteiger partial charge in [0.1, 0.15) is 23.2 Å². The molecule has 0 aliphatic rings. The van der Waals surface area contributed by atoms with E-state index in [4.69, 9.17) is 9.78 Å². The number of rotatable bonds is 5. The molecule has 4 rings (SSSR count). The van der Waals surface area contributed by atoms with Crippen LogP contribution in [0, 0.1) is 11.3 Å². The van der Waals surface area contributed by atoms with Gasteiger partial charge in [-0.25, -0.2) is 13.4 Å². The molecule has 0 fully saturated rings. The third-order valence-corrected chi connectivity index (χ3v) is 6.13. The van der Waals surface area contributed by atoms with Gasteiger partial charge < -0.3 is 4.52 Å². The van der Waals surface area contributed by atoms with Gasteiger partial charge in [-0.2, -0.15) is 5.26 Å². The Morgan fingerprint density at radius 2 is 1.97 bits per heavy atom. The van der Waals surface area contributed by atoms with Gasteiger partial charge in [-0.15, -0.1) is 11.3 Å². The fourth-order valence-electron chi connectivity index (χ4n) is 2.72. The van der Waals surface area contributed by atoms with Gasteiger partial charge in [0.2, 0.25) is 0 Å². The molecule has 0 aliphatic carbocycles. The molecular weight excluding hydrogens is 438 g/mol. The molecule has 0 unspecified atom stereocenters. The molecule has 0 radical (unpaired) electrons. The van der Waals surface area contributed by atoms with Crippen LogP contribution in [0.1, 0.15) is 15.9 Å². The van der Waals surface area contributed by atoms with Crippen LogP contribution in [0.4, 0.5) is 5.13 Å². The fourth-order valence-corrected chi connectivity index (χ4v) is 4.05. The lowest BCUT2D eigenvalue weighted by molar-refractivity contribution is 0.102. The van der Waals surface area contributed by atoms with E-state index >= 15 is 0 Å². The standard InChI is InChI=1S/C20H13N5O4S2/c1-31(27,28)14-4-2-13(3-5-14)18-15(10-29-25-18)19(26)24-20-23-17(11-30-20)16-8-12(9-21)6-7-22-16/h2-8,10-11H,1H3,(H,23,24,26). The number of anilines is 1. The molecule has 11 heteroatoms. The fraction of sp³-hybridized carbons (Fsp3) is 0.0500. The molecule has 0 spiro atoms. The van der Waals surface area contributed by atoms with Gasteiger partial charge in [0, 0.05) is 23.4 Å². The Hall–Kier alpha value is -3.88. The average Bonchev–Trinajstić information content (AvgIpc) is 3.43. The van der Waals surface area contributed by atoms with Crippen LogP contribution in [0.2, 0.25) is 0 Å². The van der Waals surface area contributed by atoms with E-state index in [2.05, 4.69) is 20.4 Å². The number of hydrogen-bond donors (Lipinski definition) is 1. The molecular formula is C20H13N5O4S2. The van der Waals surface area contributed by atoms with Crippen LogP contribution in [0.15, 0.2) is 63.7 Å². The average molecular weight is 451 g/mol. The van der Waals surface area contributed by atoms with Crippen molar-refractivity contribution in [2.75, 3.05) is 11.6 Å².